The lowest BCUT2D eigenvalue weighted by molar-refractivity contribution is 0.0932. The van der Waals surface area contributed by atoms with Crippen molar-refractivity contribution in [2.24, 2.45) is 0 Å². The molecule has 4 aromatic rings. The summed E-state index contributed by atoms with van der Waals surface area (Å²) in [6.45, 7) is 6.05. The van der Waals surface area contributed by atoms with Crippen LogP contribution in [0.15, 0.2) is 54.9 Å². The van der Waals surface area contributed by atoms with E-state index >= 15 is 0 Å². The zero-order chi connectivity index (χ0) is 22.2. The van der Waals surface area contributed by atoms with Crippen molar-refractivity contribution >= 4 is 22.8 Å². The van der Waals surface area contributed by atoms with Crippen molar-refractivity contribution in [2.45, 2.75) is 26.3 Å². The van der Waals surface area contributed by atoms with E-state index in [0.717, 1.165) is 11.1 Å². The molecule has 0 unspecified atom stereocenters. The quantitative estimate of drug-likeness (QED) is 0.515. The maximum absolute atomic E-state index is 13.9. The number of halogens is 1. The normalized spacial score (nSPS) is 11.6. The fourth-order valence-corrected chi connectivity index (χ4v) is 3.42. The lowest BCUT2D eigenvalue weighted by atomic mass is 10.1. The third-order valence-electron chi connectivity index (χ3n) is 5.19. The zero-order valence-corrected chi connectivity index (χ0v) is 17.6. The van der Waals surface area contributed by atoms with Gasteiger partial charge < -0.3 is 11.1 Å². The Hall–Kier alpha value is -3.81. The molecule has 7 nitrogen and oxygen atoms in total. The van der Waals surface area contributed by atoms with Crippen LogP contribution in [0.1, 0.15) is 29.8 Å². The maximum atomic E-state index is 13.9. The first-order valence-corrected chi connectivity index (χ1v) is 9.87. The molecule has 2 heterocycles. The van der Waals surface area contributed by atoms with Crippen molar-refractivity contribution in [3.8, 4) is 11.3 Å². The van der Waals surface area contributed by atoms with Gasteiger partial charge in [0.25, 0.3) is 5.91 Å². The number of nitrogens with two attached hydrogens (primary N) is 1. The number of nitrogens with zero attached hydrogens (tertiary/aromatic N) is 4. The van der Waals surface area contributed by atoms with Gasteiger partial charge in [-0.05, 0) is 32.9 Å². The Morgan fingerprint density at radius 1 is 1.13 bits per heavy atom. The number of hydrogen-bond acceptors (Lipinski definition) is 5. The van der Waals surface area contributed by atoms with Crippen molar-refractivity contribution in [3.63, 3.8) is 0 Å². The van der Waals surface area contributed by atoms with Gasteiger partial charge in [0.05, 0.1) is 16.5 Å². The Labute approximate surface area is 179 Å². The van der Waals surface area contributed by atoms with Gasteiger partial charge in [0, 0.05) is 12.1 Å². The van der Waals surface area contributed by atoms with Crippen LogP contribution in [0.2, 0.25) is 0 Å². The van der Waals surface area contributed by atoms with Crippen LogP contribution < -0.4 is 11.1 Å². The Kier molecular flexibility index (Phi) is 5.14. The number of rotatable bonds is 5. The van der Waals surface area contributed by atoms with E-state index in [1.54, 1.807) is 16.8 Å². The van der Waals surface area contributed by atoms with Gasteiger partial charge in [0.15, 0.2) is 5.65 Å². The molecule has 0 aliphatic heterocycles. The molecule has 3 N–H and O–H groups in total. The maximum Gasteiger partial charge on any atom is 0.254 e. The minimum absolute atomic E-state index is 0.00413. The summed E-state index contributed by atoms with van der Waals surface area (Å²) in [7, 11) is 0. The van der Waals surface area contributed by atoms with Gasteiger partial charge in [-0.15, -0.1) is 0 Å². The van der Waals surface area contributed by atoms with Gasteiger partial charge in [-0.1, -0.05) is 42.0 Å². The van der Waals surface area contributed by atoms with Gasteiger partial charge in [0.1, 0.15) is 23.7 Å². The van der Waals surface area contributed by atoms with Crippen LogP contribution in [0.5, 0.6) is 0 Å². The van der Waals surface area contributed by atoms with E-state index in [2.05, 4.69) is 15.3 Å². The number of hydrogen-bond donors (Lipinski definition) is 2. The number of nitrogen functional groups attached to an aromatic ring is 1. The molecule has 0 radical (unpaired) electrons. The van der Waals surface area contributed by atoms with E-state index in [-0.39, 0.29) is 12.1 Å². The van der Waals surface area contributed by atoms with Gasteiger partial charge in [0.2, 0.25) is 0 Å². The van der Waals surface area contributed by atoms with Crippen molar-refractivity contribution in [3.05, 3.63) is 71.8 Å². The number of carbonyl (C=O) groups excluding carboxylic acids is 1. The minimum atomic E-state index is -0.678. The minimum Gasteiger partial charge on any atom is -0.383 e. The number of aryl methyl sites for hydroxylation is 1. The summed E-state index contributed by atoms with van der Waals surface area (Å²) in [6, 6.07) is 13.8. The molecule has 0 aliphatic carbocycles. The number of benzene rings is 2. The second kappa shape index (κ2) is 7.79. The van der Waals surface area contributed by atoms with E-state index in [9.17, 15) is 9.18 Å². The Morgan fingerprint density at radius 2 is 1.84 bits per heavy atom. The van der Waals surface area contributed by atoms with Crippen LogP contribution in [0.25, 0.3) is 22.3 Å². The molecular formula is C23H23FN6O. The topological polar surface area (TPSA) is 98.7 Å². The Morgan fingerprint density at radius 3 is 2.55 bits per heavy atom. The second-order valence-corrected chi connectivity index (χ2v) is 8.06. The summed E-state index contributed by atoms with van der Waals surface area (Å²) in [6.07, 6.45) is 1.39. The lowest BCUT2D eigenvalue weighted by Gasteiger charge is -2.26. The van der Waals surface area contributed by atoms with Crippen LogP contribution in [-0.4, -0.2) is 32.2 Å². The molecule has 2 aromatic heterocycles. The molecule has 0 aliphatic rings. The molecule has 4 rings (SSSR count). The van der Waals surface area contributed by atoms with Crippen LogP contribution in [0.3, 0.4) is 0 Å². The molecular weight excluding hydrogens is 395 g/mol. The smallest absolute Gasteiger partial charge is 0.254 e. The average Bonchev–Trinajstić information content (AvgIpc) is 3.15. The predicted octanol–water partition coefficient (Wildman–Crippen LogP) is 3.69. The summed E-state index contributed by atoms with van der Waals surface area (Å²) in [5, 5.41) is 8.25. The Bertz CT molecular complexity index is 1260. The molecule has 0 fully saturated rings. The molecule has 158 valence electrons. The standard InChI is InChI=1S/C23H23FN6O/c1-14-8-10-15(11-9-14)19-18-20(25)27-13-28-21(18)30(29-19)23(2,3)12-26-22(31)16-6-4-5-7-17(16)24/h4-11,13H,12H2,1-3H3,(H,26,31)(H2,25,27,28). The first-order chi connectivity index (χ1) is 14.8. The number of carbonyl (C=O) groups is 1. The predicted molar refractivity (Wildman–Crippen MR) is 118 cm³/mol. The van der Waals surface area contributed by atoms with Crippen LogP contribution in [0, 0.1) is 12.7 Å². The fourth-order valence-electron chi connectivity index (χ4n) is 3.42. The fraction of sp³-hybridized carbons (Fsp3) is 0.217. The first-order valence-electron chi connectivity index (χ1n) is 9.87. The molecule has 0 bridgehead atoms. The zero-order valence-electron chi connectivity index (χ0n) is 17.6. The molecule has 8 heteroatoms. The highest BCUT2D eigenvalue weighted by Gasteiger charge is 2.28. The molecule has 0 atom stereocenters. The molecule has 0 saturated heterocycles. The summed E-state index contributed by atoms with van der Waals surface area (Å²) in [4.78, 5) is 21.0. The summed E-state index contributed by atoms with van der Waals surface area (Å²) in [5.41, 5.74) is 8.75. The molecule has 2 aromatic carbocycles. The van der Waals surface area contributed by atoms with Crippen LogP contribution in [-0.2, 0) is 5.54 Å². The van der Waals surface area contributed by atoms with E-state index in [4.69, 9.17) is 10.8 Å². The molecule has 0 spiro atoms. The van der Waals surface area contributed by atoms with Crippen LogP contribution in [0.4, 0.5) is 10.2 Å². The second-order valence-electron chi connectivity index (χ2n) is 8.06. The summed E-state index contributed by atoms with van der Waals surface area (Å²) >= 11 is 0. The highest BCUT2D eigenvalue weighted by Crippen LogP contribution is 2.33. The third kappa shape index (κ3) is 3.84. The Balaban J connectivity index is 1.71. The van der Waals surface area contributed by atoms with E-state index < -0.39 is 17.3 Å². The lowest BCUT2D eigenvalue weighted by Crippen LogP contribution is -2.41. The molecule has 31 heavy (non-hydrogen) atoms. The van der Waals surface area contributed by atoms with Crippen LogP contribution >= 0.6 is 0 Å². The van der Waals surface area contributed by atoms with Crippen molar-refractivity contribution in [1.82, 2.24) is 25.1 Å². The largest absolute Gasteiger partial charge is 0.383 e. The first kappa shape index (κ1) is 20.5. The number of aromatic nitrogens is 4. The third-order valence-corrected chi connectivity index (χ3v) is 5.19. The van der Waals surface area contributed by atoms with E-state index in [1.807, 2.05) is 45.0 Å². The van der Waals surface area contributed by atoms with Gasteiger partial charge >= 0.3 is 0 Å². The SMILES string of the molecule is Cc1ccc(-c2nn(C(C)(C)CNC(=O)c3ccccc3F)c3ncnc(N)c23)cc1. The van der Waals surface area contributed by atoms with Crippen molar-refractivity contribution in [2.75, 3.05) is 12.3 Å². The highest BCUT2D eigenvalue weighted by atomic mass is 19.1. The van der Waals surface area contributed by atoms with Crippen molar-refractivity contribution < 1.29 is 9.18 Å². The summed E-state index contributed by atoms with van der Waals surface area (Å²) < 4.78 is 15.7. The summed E-state index contributed by atoms with van der Waals surface area (Å²) in [5.74, 6) is -0.724. The highest BCUT2D eigenvalue weighted by molar-refractivity contribution is 5.98. The van der Waals surface area contributed by atoms with Gasteiger partial charge in [-0.3, -0.25) is 4.79 Å². The number of anilines is 1. The van der Waals surface area contributed by atoms with E-state index in [1.165, 1.54) is 18.5 Å². The van der Waals surface area contributed by atoms with Gasteiger partial charge in [-0.2, -0.15) is 5.10 Å². The molecule has 1 amide bonds. The van der Waals surface area contributed by atoms with E-state index in [0.29, 0.717) is 22.5 Å². The monoisotopic (exact) mass is 418 g/mol. The number of amides is 1. The van der Waals surface area contributed by atoms with Gasteiger partial charge in [-0.25, -0.2) is 19.0 Å². The number of fused-ring (bicyclic) bond motifs is 1. The molecule has 0 saturated carbocycles. The average molecular weight is 418 g/mol. The van der Waals surface area contributed by atoms with Crippen molar-refractivity contribution in [1.29, 1.82) is 0 Å². The number of nitrogens with one attached hydrogen (secondary N) is 1.